The second-order valence-corrected chi connectivity index (χ2v) is 9.28. The molecule has 6 heteroatoms. The Bertz CT molecular complexity index is 1050. The summed E-state index contributed by atoms with van der Waals surface area (Å²) in [6.07, 6.45) is 4.96. The molecule has 1 heterocycles. The summed E-state index contributed by atoms with van der Waals surface area (Å²) in [5.41, 5.74) is 10.2. The molecule has 2 aliphatic carbocycles. The minimum absolute atomic E-state index is 0.0261. The van der Waals surface area contributed by atoms with Crippen molar-refractivity contribution in [3.63, 3.8) is 0 Å². The standard InChI is InChI=1S/C24H26N4OS/c25-20-3-1-2-4-21(20)28-22(29)17-7-9-18(10-8-17)24(11-12-24)23-27-19(15-30-23)14-26-13-16-5-6-16/h1-4,7-10,15-16,26H,5-6,11-14,25H2,(H,28,29). The monoisotopic (exact) mass is 418 g/mol. The van der Waals surface area contributed by atoms with Crippen LogP contribution in [0, 0.1) is 5.92 Å². The number of carbonyl (C=O) groups excluding carboxylic acids is 1. The molecule has 154 valence electrons. The van der Waals surface area contributed by atoms with Crippen molar-refractivity contribution in [2.75, 3.05) is 17.6 Å². The molecule has 0 bridgehead atoms. The number of nitrogens with two attached hydrogens (primary N) is 1. The molecule has 5 nitrogen and oxygen atoms in total. The summed E-state index contributed by atoms with van der Waals surface area (Å²) in [6, 6.07) is 15.2. The minimum atomic E-state index is -0.150. The third kappa shape index (κ3) is 3.98. The van der Waals surface area contributed by atoms with E-state index in [1.165, 1.54) is 23.4 Å². The van der Waals surface area contributed by atoms with Gasteiger partial charge in [-0.1, -0.05) is 24.3 Å². The van der Waals surface area contributed by atoms with E-state index in [0.717, 1.165) is 37.5 Å². The zero-order valence-corrected chi connectivity index (χ0v) is 17.7. The lowest BCUT2D eigenvalue weighted by molar-refractivity contribution is 0.102. The second kappa shape index (κ2) is 7.85. The van der Waals surface area contributed by atoms with E-state index in [0.29, 0.717) is 16.9 Å². The molecular weight excluding hydrogens is 392 g/mol. The van der Waals surface area contributed by atoms with Gasteiger partial charge in [0, 0.05) is 22.9 Å². The van der Waals surface area contributed by atoms with Crippen molar-refractivity contribution in [1.29, 1.82) is 0 Å². The van der Waals surface area contributed by atoms with Crippen LogP contribution in [-0.2, 0) is 12.0 Å². The summed E-state index contributed by atoms with van der Waals surface area (Å²) in [6.45, 7) is 1.96. The number of para-hydroxylation sites is 2. The van der Waals surface area contributed by atoms with Crippen molar-refractivity contribution in [2.45, 2.75) is 37.6 Å². The number of hydrogen-bond donors (Lipinski definition) is 3. The van der Waals surface area contributed by atoms with Gasteiger partial charge in [-0.15, -0.1) is 11.3 Å². The minimum Gasteiger partial charge on any atom is -0.397 e. The van der Waals surface area contributed by atoms with Crippen LogP contribution in [0.2, 0.25) is 0 Å². The summed E-state index contributed by atoms with van der Waals surface area (Å²) in [5.74, 6) is 0.731. The average Bonchev–Trinajstić information content (AvgIpc) is 3.69. The van der Waals surface area contributed by atoms with Crippen LogP contribution < -0.4 is 16.4 Å². The van der Waals surface area contributed by atoms with E-state index in [4.69, 9.17) is 10.7 Å². The van der Waals surface area contributed by atoms with Crippen molar-refractivity contribution in [3.05, 3.63) is 75.7 Å². The Morgan fingerprint density at radius 3 is 2.60 bits per heavy atom. The van der Waals surface area contributed by atoms with Gasteiger partial charge in [-0.3, -0.25) is 4.79 Å². The summed E-state index contributed by atoms with van der Waals surface area (Å²) < 4.78 is 0. The number of amides is 1. The van der Waals surface area contributed by atoms with Crippen molar-refractivity contribution in [1.82, 2.24) is 10.3 Å². The average molecular weight is 419 g/mol. The Morgan fingerprint density at radius 2 is 1.90 bits per heavy atom. The third-order valence-corrected chi connectivity index (χ3v) is 7.15. The molecule has 1 amide bonds. The largest absolute Gasteiger partial charge is 0.397 e. The van der Waals surface area contributed by atoms with Gasteiger partial charge in [0.1, 0.15) is 5.01 Å². The first kappa shape index (κ1) is 19.3. The molecule has 0 spiro atoms. The smallest absolute Gasteiger partial charge is 0.255 e. The number of nitrogens with one attached hydrogen (secondary N) is 2. The number of aromatic nitrogens is 1. The fourth-order valence-electron chi connectivity index (χ4n) is 3.83. The highest BCUT2D eigenvalue weighted by molar-refractivity contribution is 7.09. The highest BCUT2D eigenvalue weighted by Gasteiger charge is 2.48. The summed E-state index contributed by atoms with van der Waals surface area (Å²) in [5, 5.41) is 9.79. The molecule has 1 aromatic heterocycles. The highest BCUT2D eigenvalue weighted by atomic mass is 32.1. The number of rotatable bonds is 8. The van der Waals surface area contributed by atoms with E-state index in [9.17, 15) is 4.79 Å². The Morgan fingerprint density at radius 1 is 1.13 bits per heavy atom. The second-order valence-electron chi connectivity index (χ2n) is 8.42. The number of thiazole rings is 1. The maximum atomic E-state index is 12.6. The molecule has 3 aromatic rings. The quantitative estimate of drug-likeness (QED) is 0.469. The predicted octanol–water partition coefficient (Wildman–Crippen LogP) is 4.56. The van der Waals surface area contributed by atoms with Crippen LogP contribution in [0.5, 0.6) is 0 Å². The predicted molar refractivity (Wildman–Crippen MR) is 122 cm³/mol. The lowest BCUT2D eigenvalue weighted by Gasteiger charge is -2.14. The molecule has 0 aliphatic heterocycles. The molecule has 2 fully saturated rings. The lowest BCUT2D eigenvalue weighted by Crippen LogP contribution is -2.17. The van der Waals surface area contributed by atoms with Gasteiger partial charge in [0.2, 0.25) is 0 Å². The van der Waals surface area contributed by atoms with Crippen LogP contribution in [0.15, 0.2) is 53.9 Å². The fourth-order valence-corrected chi connectivity index (χ4v) is 4.93. The van der Waals surface area contributed by atoms with E-state index in [1.54, 1.807) is 23.5 Å². The maximum absolute atomic E-state index is 12.6. The Labute approximate surface area is 180 Å². The zero-order chi connectivity index (χ0) is 20.6. The Hall–Kier alpha value is -2.70. The van der Waals surface area contributed by atoms with Gasteiger partial charge in [0.25, 0.3) is 5.91 Å². The summed E-state index contributed by atoms with van der Waals surface area (Å²) in [7, 11) is 0. The van der Waals surface area contributed by atoms with E-state index >= 15 is 0 Å². The fraction of sp³-hybridized carbons (Fsp3) is 0.333. The maximum Gasteiger partial charge on any atom is 0.255 e. The lowest BCUT2D eigenvalue weighted by atomic mass is 9.95. The van der Waals surface area contributed by atoms with Crippen LogP contribution in [0.1, 0.15) is 52.3 Å². The topological polar surface area (TPSA) is 80.0 Å². The van der Waals surface area contributed by atoms with Crippen molar-refractivity contribution in [3.8, 4) is 0 Å². The number of hydrogen-bond acceptors (Lipinski definition) is 5. The van der Waals surface area contributed by atoms with E-state index < -0.39 is 0 Å². The zero-order valence-electron chi connectivity index (χ0n) is 16.9. The first-order valence-electron chi connectivity index (χ1n) is 10.6. The molecule has 2 aromatic carbocycles. The van der Waals surface area contributed by atoms with Crippen LogP contribution in [0.3, 0.4) is 0 Å². The molecule has 0 unspecified atom stereocenters. The number of carbonyl (C=O) groups is 1. The van der Waals surface area contributed by atoms with Gasteiger partial charge in [0.05, 0.1) is 17.1 Å². The van der Waals surface area contributed by atoms with E-state index in [-0.39, 0.29) is 11.3 Å². The van der Waals surface area contributed by atoms with Gasteiger partial charge in [0.15, 0.2) is 0 Å². The number of benzene rings is 2. The van der Waals surface area contributed by atoms with Gasteiger partial charge < -0.3 is 16.4 Å². The van der Waals surface area contributed by atoms with Gasteiger partial charge >= 0.3 is 0 Å². The molecule has 2 aliphatic rings. The van der Waals surface area contributed by atoms with Crippen molar-refractivity contribution < 1.29 is 4.79 Å². The molecule has 5 rings (SSSR count). The summed E-state index contributed by atoms with van der Waals surface area (Å²) >= 11 is 1.76. The van der Waals surface area contributed by atoms with Gasteiger partial charge in [-0.2, -0.15) is 0 Å². The van der Waals surface area contributed by atoms with Crippen LogP contribution in [-0.4, -0.2) is 17.4 Å². The van der Waals surface area contributed by atoms with Crippen LogP contribution in [0.4, 0.5) is 11.4 Å². The first-order chi connectivity index (χ1) is 14.6. The number of nitrogen functional groups attached to an aromatic ring is 1. The number of nitrogens with zero attached hydrogens (tertiary/aromatic N) is 1. The van der Waals surface area contributed by atoms with E-state index in [1.807, 2.05) is 24.3 Å². The Balaban J connectivity index is 1.26. The van der Waals surface area contributed by atoms with Gasteiger partial charge in [-0.25, -0.2) is 4.98 Å². The Kier molecular flexibility index (Phi) is 5.05. The molecule has 0 saturated heterocycles. The third-order valence-electron chi connectivity index (χ3n) is 6.06. The van der Waals surface area contributed by atoms with Gasteiger partial charge in [-0.05, 0) is 68.0 Å². The SMILES string of the molecule is Nc1ccccc1NC(=O)c1ccc(C2(c3nc(CNCC4CC4)cs3)CC2)cc1. The van der Waals surface area contributed by atoms with Crippen molar-refractivity contribution in [2.24, 2.45) is 5.92 Å². The van der Waals surface area contributed by atoms with Crippen LogP contribution in [0.25, 0.3) is 0 Å². The van der Waals surface area contributed by atoms with Crippen molar-refractivity contribution >= 4 is 28.6 Å². The number of anilines is 2. The molecule has 4 N–H and O–H groups in total. The van der Waals surface area contributed by atoms with Crippen LogP contribution >= 0.6 is 11.3 Å². The molecule has 2 saturated carbocycles. The molecular formula is C24H26N4OS. The molecule has 0 atom stereocenters. The summed E-state index contributed by atoms with van der Waals surface area (Å²) in [4.78, 5) is 17.5. The normalized spacial score (nSPS) is 16.9. The molecule has 0 radical (unpaired) electrons. The molecule has 30 heavy (non-hydrogen) atoms. The van der Waals surface area contributed by atoms with E-state index in [2.05, 4.69) is 28.1 Å². The highest BCUT2D eigenvalue weighted by Crippen LogP contribution is 2.54. The first-order valence-corrected chi connectivity index (χ1v) is 11.4.